The molecule has 2 aromatic rings. The molecule has 0 aliphatic heterocycles. The van der Waals surface area contributed by atoms with E-state index in [-0.39, 0.29) is 11.7 Å². The van der Waals surface area contributed by atoms with Gasteiger partial charge >= 0.3 is 0 Å². The molecular formula is C13H11BrClN3O. The fourth-order valence-corrected chi connectivity index (χ4v) is 2.26. The lowest BCUT2D eigenvalue weighted by molar-refractivity contribution is 0.102. The van der Waals surface area contributed by atoms with E-state index in [9.17, 15) is 4.79 Å². The van der Waals surface area contributed by atoms with Gasteiger partial charge in [0.15, 0.2) is 0 Å². The summed E-state index contributed by atoms with van der Waals surface area (Å²) in [6.45, 7) is 1.89. The van der Waals surface area contributed by atoms with Gasteiger partial charge in [0.1, 0.15) is 5.82 Å². The lowest BCUT2D eigenvalue weighted by atomic mass is 10.2. The number of nitrogens with zero attached hydrogens (tertiary/aromatic N) is 1. The smallest absolute Gasteiger partial charge is 0.259 e. The molecule has 0 fully saturated rings. The number of benzene rings is 1. The standard InChI is InChI=1S/C13H11BrClN3O/c1-7-5-9(14)11(6-10(7)15)18-13(19)8-3-2-4-17-12(8)16/h2-6H,1H3,(H2,16,17)(H,18,19). The van der Waals surface area contributed by atoms with Crippen LogP contribution in [-0.4, -0.2) is 10.9 Å². The van der Waals surface area contributed by atoms with Gasteiger partial charge in [-0.25, -0.2) is 4.98 Å². The molecule has 1 heterocycles. The Morgan fingerprint density at radius 3 is 2.89 bits per heavy atom. The summed E-state index contributed by atoms with van der Waals surface area (Å²) in [5.74, 6) is -0.138. The first-order valence-electron chi connectivity index (χ1n) is 5.46. The Hall–Kier alpha value is -1.59. The molecule has 0 saturated carbocycles. The van der Waals surface area contributed by atoms with Crippen molar-refractivity contribution in [1.82, 2.24) is 4.98 Å². The highest BCUT2D eigenvalue weighted by Gasteiger charge is 2.12. The topological polar surface area (TPSA) is 68.0 Å². The van der Waals surface area contributed by atoms with E-state index in [2.05, 4.69) is 26.2 Å². The number of amides is 1. The Balaban J connectivity index is 2.30. The van der Waals surface area contributed by atoms with Crippen LogP contribution in [0.1, 0.15) is 15.9 Å². The first kappa shape index (κ1) is 13.8. The van der Waals surface area contributed by atoms with E-state index < -0.39 is 0 Å². The number of halogens is 2. The molecule has 0 radical (unpaired) electrons. The van der Waals surface area contributed by atoms with Crippen molar-refractivity contribution >= 4 is 44.9 Å². The molecule has 1 amide bonds. The molecule has 0 bridgehead atoms. The number of pyridine rings is 1. The Morgan fingerprint density at radius 2 is 2.21 bits per heavy atom. The molecule has 0 atom stereocenters. The maximum absolute atomic E-state index is 12.1. The van der Waals surface area contributed by atoms with Crippen LogP contribution in [-0.2, 0) is 0 Å². The lowest BCUT2D eigenvalue weighted by Crippen LogP contribution is -2.15. The lowest BCUT2D eigenvalue weighted by Gasteiger charge is -2.10. The highest BCUT2D eigenvalue weighted by Crippen LogP contribution is 2.29. The van der Waals surface area contributed by atoms with Crippen molar-refractivity contribution in [2.45, 2.75) is 6.92 Å². The third-order valence-electron chi connectivity index (χ3n) is 2.58. The van der Waals surface area contributed by atoms with Gasteiger partial charge in [0.2, 0.25) is 0 Å². The molecular weight excluding hydrogens is 330 g/mol. The summed E-state index contributed by atoms with van der Waals surface area (Å²) in [7, 11) is 0. The molecule has 0 aliphatic carbocycles. The fraction of sp³-hybridized carbons (Fsp3) is 0.0769. The second kappa shape index (κ2) is 5.59. The van der Waals surface area contributed by atoms with E-state index in [4.69, 9.17) is 17.3 Å². The van der Waals surface area contributed by atoms with Crippen molar-refractivity contribution < 1.29 is 4.79 Å². The predicted octanol–water partition coefficient (Wildman–Crippen LogP) is 3.64. The normalized spacial score (nSPS) is 10.3. The minimum absolute atomic E-state index is 0.189. The number of rotatable bonds is 2. The van der Waals surface area contributed by atoms with Gasteiger partial charge < -0.3 is 11.1 Å². The summed E-state index contributed by atoms with van der Waals surface area (Å²) < 4.78 is 0.755. The zero-order chi connectivity index (χ0) is 14.0. The minimum atomic E-state index is -0.328. The second-order valence-electron chi connectivity index (χ2n) is 3.97. The van der Waals surface area contributed by atoms with Gasteiger partial charge in [0.25, 0.3) is 5.91 Å². The van der Waals surface area contributed by atoms with Crippen molar-refractivity contribution in [3.05, 3.63) is 51.1 Å². The summed E-state index contributed by atoms with van der Waals surface area (Å²) in [6.07, 6.45) is 1.53. The molecule has 0 aliphatic rings. The van der Waals surface area contributed by atoms with E-state index in [1.165, 1.54) is 6.20 Å². The average Bonchev–Trinajstić information content (AvgIpc) is 2.36. The fourth-order valence-electron chi connectivity index (χ4n) is 1.54. The molecule has 19 heavy (non-hydrogen) atoms. The molecule has 0 unspecified atom stereocenters. The average molecular weight is 341 g/mol. The van der Waals surface area contributed by atoms with E-state index in [0.29, 0.717) is 16.3 Å². The molecule has 0 saturated heterocycles. The number of aryl methyl sites for hydroxylation is 1. The van der Waals surface area contributed by atoms with Gasteiger partial charge in [-0.3, -0.25) is 4.79 Å². The number of nitrogens with two attached hydrogens (primary N) is 1. The molecule has 2 rings (SSSR count). The van der Waals surface area contributed by atoms with Crippen LogP contribution in [0.25, 0.3) is 0 Å². The molecule has 1 aromatic carbocycles. The molecule has 3 N–H and O–H groups in total. The van der Waals surface area contributed by atoms with E-state index in [1.807, 2.05) is 13.0 Å². The van der Waals surface area contributed by atoms with E-state index >= 15 is 0 Å². The Labute approximate surface area is 124 Å². The summed E-state index contributed by atoms with van der Waals surface area (Å²) >= 11 is 9.42. The monoisotopic (exact) mass is 339 g/mol. The van der Waals surface area contributed by atoms with Crippen molar-refractivity contribution in [1.29, 1.82) is 0 Å². The maximum atomic E-state index is 12.1. The Kier molecular flexibility index (Phi) is 4.07. The highest BCUT2D eigenvalue weighted by atomic mass is 79.9. The quantitative estimate of drug-likeness (QED) is 0.877. The zero-order valence-electron chi connectivity index (χ0n) is 10.1. The van der Waals surface area contributed by atoms with Gasteiger partial charge in [-0.05, 0) is 52.7 Å². The summed E-state index contributed by atoms with van der Waals surface area (Å²) in [5, 5.41) is 3.33. The van der Waals surface area contributed by atoms with Crippen LogP contribution in [0, 0.1) is 6.92 Å². The number of nitrogens with one attached hydrogen (secondary N) is 1. The van der Waals surface area contributed by atoms with Crippen LogP contribution in [0.3, 0.4) is 0 Å². The van der Waals surface area contributed by atoms with Gasteiger partial charge in [0.05, 0.1) is 11.3 Å². The number of aromatic nitrogens is 1. The first-order valence-corrected chi connectivity index (χ1v) is 6.63. The van der Waals surface area contributed by atoms with Gasteiger partial charge in [-0.2, -0.15) is 0 Å². The van der Waals surface area contributed by atoms with Gasteiger partial charge in [0, 0.05) is 15.7 Å². The molecule has 1 aromatic heterocycles. The van der Waals surface area contributed by atoms with Crippen LogP contribution < -0.4 is 11.1 Å². The molecule has 4 nitrogen and oxygen atoms in total. The Morgan fingerprint density at radius 1 is 1.47 bits per heavy atom. The van der Waals surface area contributed by atoms with E-state index in [0.717, 1.165) is 10.0 Å². The van der Waals surface area contributed by atoms with Crippen LogP contribution in [0.2, 0.25) is 5.02 Å². The van der Waals surface area contributed by atoms with Crippen molar-refractivity contribution in [2.24, 2.45) is 0 Å². The molecule has 6 heteroatoms. The predicted molar refractivity (Wildman–Crippen MR) is 80.5 cm³/mol. The van der Waals surface area contributed by atoms with Gasteiger partial charge in [-0.1, -0.05) is 11.6 Å². The van der Waals surface area contributed by atoms with Crippen LogP contribution in [0.5, 0.6) is 0 Å². The first-order chi connectivity index (χ1) is 8.99. The number of carbonyl (C=O) groups is 1. The van der Waals surface area contributed by atoms with Crippen LogP contribution >= 0.6 is 27.5 Å². The number of nitrogen functional groups attached to an aromatic ring is 1. The minimum Gasteiger partial charge on any atom is -0.383 e. The molecule has 0 spiro atoms. The number of hydrogen-bond donors (Lipinski definition) is 2. The number of carbonyl (C=O) groups excluding carboxylic acids is 1. The third-order valence-corrected chi connectivity index (χ3v) is 3.64. The van der Waals surface area contributed by atoms with Crippen molar-refractivity contribution in [3.8, 4) is 0 Å². The number of hydrogen-bond acceptors (Lipinski definition) is 3. The summed E-state index contributed by atoms with van der Waals surface area (Å²) in [4.78, 5) is 16.0. The second-order valence-corrected chi connectivity index (χ2v) is 5.23. The SMILES string of the molecule is Cc1cc(Br)c(NC(=O)c2cccnc2N)cc1Cl. The Bertz CT molecular complexity index is 646. The van der Waals surface area contributed by atoms with Crippen molar-refractivity contribution in [2.75, 3.05) is 11.1 Å². The van der Waals surface area contributed by atoms with Crippen LogP contribution in [0.4, 0.5) is 11.5 Å². The van der Waals surface area contributed by atoms with Crippen molar-refractivity contribution in [3.63, 3.8) is 0 Å². The highest BCUT2D eigenvalue weighted by molar-refractivity contribution is 9.10. The zero-order valence-corrected chi connectivity index (χ0v) is 12.4. The van der Waals surface area contributed by atoms with Gasteiger partial charge in [-0.15, -0.1) is 0 Å². The molecule has 98 valence electrons. The maximum Gasteiger partial charge on any atom is 0.259 e. The van der Waals surface area contributed by atoms with Crippen LogP contribution in [0.15, 0.2) is 34.9 Å². The summed E-state index contributed by atoms with van der Waals surface area (Å²) in [6, 6.07) is 6.79. The van der Waals surface area contributed by atoms with E-state index in [1.54, 1.807) is 18.2 Å². The number of anilines is 2. The third kappa shape index (κ3) is 3.05. The summed E-state index contributed by atoms with van der Waals surface area (Å²) in [5.41, 5.74) is 7.49. The largest absolute Gasteiger partial charge is 0.383 e.